The summed E-state index contributed by atoms with van der Waals surface area (Å²) >= 11 is 5.84. The van der Waals surface area contributed by atoms with E-state index >= 15 is 0 Å². The molecule has 0 atom stereocenters. The average Bonchev–Trinajstić information content (AvgIpc) is 2.83. The number of rotatable bonds is 6. The van der Waals surface area contributed by atoms with Crippen molar-refractivity contribution in [3.63, 3.8) is 0 Å². The Morgan fingerprint density at radius 3 is 2.65 bits per heavy atom. The van der Waals surface area contributed by atoms with Gasteiger partial charge in [-0.1, -0.05) is 13.8 Å². The van der Waals surface area contributed by atoms with Crippen molar-refractivity contribution in [2.24, 2.45) is 0 Å². The van der Waals surface area contributed by atoms with Crippen molar-refractivity contribution in [1.29, 1.82) is 0 Å². The Kier molecular flexibility index (Phi) is 4.86. The minimum Gasteiger partial charge on any atom is -0.352 e. The highest BCUT2D eigenvalue weighted by molar-refractivity contribution is 6.17. The Morgan fingerprint density at radius 2 is 2.05 bits per heavy atom. The molecule has 0 spiro atoms. The van der Waals surface area contributed by atoms with Crippen LogP contribution in [0.2, 0.25) is 0 Å². The number of halogens is 1. The zero-order valence-corrected chi connectivity index (χ0v) is 13.4. The Morgan fingerprint density at radius 1 is 1.30 bits per heavy atom. The third kappa shape index (κ3) is 3.06. The fourth-order valence-electron chi connectivity index (χ4n) is 2.27. The average molecular weight is 295 g/mol. The molecule has 0 unspecified atom stereocenters. The number of hydrogen-bond acceptors (Lipinski definition) is 3. The lowest BCUT2D eigenvalue weighted by Crippen LogP contribution is -2.33. The molecule has 2 heterocycles. The number of fused-ring (bicyclic) bond motifs is 1. The van der Waals surface area contributed by atoms with Crippen LogP contribution < -0.4 is 4.90 Å². The van der Waals surface area contributed by atoms with Gasteiger partial charge in [0.1, 0.15) is 5.52 Å². The summed E-state index contributed by atoms with van der Waals surface area (Å²) in [5.41, 5.74) is 2.17. The summed E-state index contributed by atoms with van der Waals surface area (Å²) in [5, 5.41) is 4.62. The van der Waals surface area contributed by atoms with Gasteiger partial charge in [0.2, 0.25) is 0 Å². The largest absolute Gasteiger partial charge is 0.352 e. The highest BCUT2D eigenvalue weighted by atomic mass is 35.5. The third-order valence-corrected chi connectivity index (χ3v) is 3.68. The van der Waals surface area contributed by atoms with Crippen molar-refractivity contribution in [2.75, 3.05) is 17.3 Å². The van der Waals surface area contributed by atoms with Gasteiger partial charge in [0.15, 0.2) is 5.82 Å². The van der Waals surface area contributed by atoms with Gasteiger partial charge in [-0.2, -0.15) is 5.10 Å². The molecule has 2 aromatic rings. The standard InChI is InChI=1S/C15H23ClN4/c1-11(2)13-10-14-15(17-7-9-20(14)18-13)19(12(3)4)8-5-6-16/h7,9-12H,5-6,8H2,1-4H3. The Balaban J connectivity index is 2.45. The molecule has 0 saturated carbocycles. The van der Waals surface area contributed by atoms with Crippen LogP contribution in [0.5, 0.6) is 0 Å². The van der Waals surface area contributed by atoms with E-state index in [1.165, 1.54) is 0 Å². The maximum Gasteiger partial charge on any atom is 0.154 e. The molecular weight excluding hydrogens is 272 g/mol. The van der Waals surface area contributed by atoms with Crippen molar-refractivity contribution < 1.29 is 0 Å². The van der Waals surface area contributed by atoms with Crippen LogP contribution in [0.1, 0.15) is 45.7 Å². The number of aromatic nitrogens is 3. The summed E-state index contributed by atoms with van der Waals surface area (Å²) in [7, 11) is 0. The van der Waals surface area contributed by atoms with Crippen molar-refractivity contribution >= 4 is 22.9 Å². The minimum absolute atomic E-state index is 0.384. The van der Waals surface area contributed by atoms with E-state index in [1.54, 1.807) is 0 Å². The van der Waals surface area contributed by atoms with Gasteiger partial charge in [-0.15, -0.1) is 11.6 Å². The summed E-state index contributed by atoms with van der Waals surface area (Å²) in [6, 6.07) is 2.53. The van der Waals surface area contributed by atoms with Gasteiger partial charge in [-0.3, -0.25) is 0 Å². The lowest BCUT2D eigenvalue weighted by Gasteiger charge is -2.28. The molecule has 20 heavy (non-hydrogen) atoms. The summed E-state index contributed by atoms with van der Waals surface area (Å²) in [6.07, 6.45) is 4.67. The van der Waals surface area contributed by atoms with Gasteiger partial charge in [0.05, 0.1) is 5.69 Å². The van der Waals surface area contributed by atoms with Crippen LogP contribution in [0.15, 0.2) is 18.5 Å². The molecule has 0 aliphatic heterocycles. The molecule has 0 amide bonds. The van der Waals surface area contributed by atoms with E-state index in [-0.39, 0.29) is 0 Å². The van der Waals surface area contributed by atoms with E-state index in [0.29, 0.717) is 17.8 Å². The molecule has 2 aromatic heterocycles. The lowest BCUT2D eigenvalue weighted by molar-refractivity contribution is 0.663. The second kappa shape index (κ2) is 6.44. The van der Waals surface area contributed by atoms with E-state index in [0.717, 1.165) is 30.0 Å². The number of alkyl halides is 1. The SMILES string of the molecule is CC(C)c1cc2c(N(CCCCl)C(C)C)nccn2n1. The van der Waals surface area contributed by atoms with Crippen molar-refractivity contribution in [3.8, 4) is 0 Å². The summed E-state index contributed by atoms with van der Waals surface area (Å²) in [6.45, 7) is 9.58. The zero-order chi connectivity index (χ0) is 14.7. The van der Waals surface area contributed by atoms with Crippen LogP contribution in [-0.4, -0.2) is 33.1 Å². The van der Waals surface area contributed by atoms with Crippen LogP contribution in [0.25, 0.3) is 5.52 Å². The number of anilines is 1. The first-order chi connectivity index (χ1) is 9.54. The number of hydrogen-bond donors (Lipinski definition) is 0. The second-order valence-electron chi connectivity index (χ2n) is 5.63. The molecule has 110 valence electrons. The van der Waals surface area contributed by atoms with Crippen LogP contribution in [0.4, 0.5) is 5.82 Å². The molecule has 2 rings (SSSR count). The molecule has 4 nitrogen and oxygen atoms in total. The third-order valence-electron chi connectivity index (χ3n) is 3.41. The lowest BCUT2D eigenvalue weighted by atomic mass is 10.1. The molecule has 5 heteroatoms. The monoisotopic (exact) mass is 294 g/mol. The fourth-order valence-corrected chi connectivity index (χ4v) is 2.39. The summed E-state index contributed by atoms with van der Waals surface area (Å²) in [4.78, 5) is 6.87. The molecular formula is C15H23ClN4. The molecule has 0 aliphatic carbocycles. The van der Waals surface area contributed by atoms with Gasteiger partial charge < -0.3 is 4.90 Å². The maximum absolute atomic E-state index is 5.84. The topological polar surface area (TPSA) is 33.4 Å². The quantitative estimate of drug-likeness (QED) is 0.762. The van der Waals surface area contributed by atoms with Gasteiger partial charge in [-0.25, -0.2) is 9.50 Å². The minimum atomic E-state index is 0.384. The van der Waals surface area contributed by atoms with E-state index in [4.69, 9.17) is 11.6 Å². The second-order valence-corrected chi connectivity index (χ2v) is 6.01. The molecule has 0 bridgehead atoms. The Hall–Kier alpha value is -1.29. The maximum atomic E-state index is 5.84. The van der Waals surface area contributed by atoms with Crippen LogP contribution in [-0.2, 0) is 0 Å². The van der Waals surface area contributed by atoms with E-state index in [9.17, 15) is 0 Å². The summed E-state index contributed by atoms with van der Waals surface area (Å²) < 4.78 is 1.92. The summed E-state index contributed by atoms with van der Waals surface area (Å²) in [5.74, 6) is 2.08. The van der Waals surface area contributed by atoms with Crippen LogP contribution in [0.3, 0.4) is 0 Å². The fraction of sp³-hybridized carbons (Fsp3) is 0.600. The molecule has 0 radical (unpaired) electrons. The normalized spacial score (nSPS) is 11.8. The first-order valence-electron chi connectivity index (χ1n) is 7.21. The predicted octanol–water partition coefficient (Wildman–Crippen LogP) is 3.70. The molecule has 0 aliphatic rings. The first kappa shape index (κ1) is 15.1. The van der Waals surface area contributed by atoms with E-state index in [1.807, 2.05) is 16.9 Å². The predicted molar refractivity (Wildman–Crippen MR) is 84.9 cm³/mol. The van der Waals surface area contributed by atoms with Gasteiger partial charge in [-0.05, 0) is 32.3 Å². The Bertz CT molecular complexity index is 562. The highest BCUT2D eigenvalue weighted by Crippen LogP contribution is 2.24. The number of nitrogens with zero attached hydrogens (tertiary/aromatic N) is 4. The highest BCUT2D eigenvalue weighted by Gasteiger charge is 2.17. The van der Waals surface area contributed by atoms with Crippen molar-refractivity contribution in [2.45, 2.75) is 46.1 Å². The van der Waals surface area contributed by atoms with Gasteiger partial charge >= 0.3 is 0 Å². The molecule has 0 aromatic carbocycles. The molecule has 0 N–H and O–H groups in total. The van der Waals surface area contributed by atoms with E-state index < -0.39 is 0 Å². The van der Waals surface area contributed by atoms with Crippen LogP contribution in [0, 0.1) is 0 Å². The van der Waals surface area contributed by atoms with Crippen molar-refractivity contribution in [3.05, 3.63) is 24.2 Å². The molecule has 0 saturated heterocycles. The van der Waals surface area contributed by atoms with Crippen LogP contribution >= 0.6 is 11.6 Å². The Labute approximate surface area is 125 Å². The zero-order valence-electron chi connectivity index (χ0n) is 12.7. The smallest absolute Gasteiger partial charge is 0.154 e. The van der Waals surface area contributed by atoms with Crippen molar-refractivity contribution in [1.82, 2.24) is 14.6 Å². The van der Waals surface area contributed by atoms with Gasteiger partial charge in [0, 0.05) is 30.9 Å². The van der Waals surface area contributed by atoms with E-state index in [2.05, 4.69) is 48.7 Å². The molecule has 0 fully saturated rings. The van der Waals surface area contributed by atoms with Gasteiger partial charge in [0.25, 0.3) is 0 Å². The first-order valence-corrected chi connectivity index (χ1v) is 7.75.